The van der Waals surface area contributed by atoms with E-state index in [9.17, 15) is 9.59 Å². The topological polar surface area (TPSA) is 107 Å². The van der Waals surface area contributed by atoms with Gasteiger partial charge in [0.25, 0.3) is 0 Å². The number of ether oxygens (including phenoxy) is 1. The van der Waals surface area contributed by atoms with Crippen LogP contribution in [0.5, 0.6) is 0 Å². The highest BCUT2D eigenvalue weighted by Crippen LogP contribution is 2.16. The van der Waals surface area contributed by atoms with Crippen LogP contribution >= 0.6 is 0 Å². The third-order valence-electron chi connectivity index (χ3n) is 1.92. The Morgan fingerprint density at radius 1 is 1.60 bits per heavy atom. The summed E-state index contributed by atoms with van der Waals surface area (Å²) >= 11 is 0. The summed E-state index contributed by atoms with van der Waals surface area (Å²) in [5.41, 5.74) is 5.44. The summed E-state index contributed by atoms with van der Waals surface area (Å²) in [7, 11) is 2.72. The van der Waals surface area contributed by atoms with Gasteiger partial charge in [0, 0.05) is 7.05 Å². The van der Waals surface area contributed by atoms with Gasteiger partial charge in [0.2, 0.25) is 0 Å². The molecule has 0 saturated heterocycles. The first kappa shape index (κ1) is 11.0. The number of rotatable bonds is 3. The van der Waals surface area contributed by atoms with Crippen molar-refractivity contribution in [3.8, 4) is 0 Å². The van der Waals surface area contributed by atoms with E-state index in [1.807, 2.05) is 0 Å². The molecule has 1 aromatic heterocycles. The Kier molecular flexibility index (Phi) is 2.93. The first-order valence-electron chi connectivity index (χ1n) is 4.08. The summed E-state index contributed by atoms with van der Waals surface area (Å²) in [6.07, 6.45) is -0.205. The second kappa shape index (κ2) is 3.99. The molecule has 0 aromatic carbocycles. The van der Waals surface area contributed by atoms with Crippen LogP contribution in [0.2, 0.25) is 0 Å². The largest absolute Gasteiger partial charge is 0.477 e. The molecule has 0 atom stereocenters. The van der Waals surface area contributed by atoms with Crippen molar-refractivity contribution in [3.63, 3.8) is 0 Å². The molecular formula is C8H11N3O4. The van der Waals surface area contributed by atoms with Gasteiger partial charge in [-0.1, -0.05) is 0 Å². The number of aryl methyl sites for hydroxylation is 1. The van der Waals surface area contributed by atoms with Gasteiger partial charge in [-0.05, 0) is 0 Å². The zero-order chi connectivity index (χ0) is 11.6. The van der Waals surface area contributed by atoms with E-state index >= 15 is 0 Å². The van der Waals surface area contributed by atoms with Crippen molar-refractivity contribution in [2.24, 2.45) is 7.05 Å². The van der Waals surface area contributed by atoms with Crippen LogP contribution < -0.4 is 5.73 Å². The number of carboxylic acids is 1. The fraction of sp³-hybridized carbons (Fsp3) is 0.375. The van der Waals surface area contributed by atoms with Crippen molar-refractivity contribution in [2.45, 2.75) is 6.42 Å². The average Bonchev–Trinajstić information content (AvgIpc) is 2.42. The van der Waals surface area contributed by atoms with Gasteiger partial charge in [-0.2, -0.15) is 5.10 Å². The predicted octanol–water partition coefficient (Wildman–Crippen LogP) is -0.584. The third-order valence-corrected chi connectivity index (χ3v) is 1.92. The lowest BCUT2D eigenvalue weighted by atomic mass is 10.2. The number of nitrogens with two attached hydrogens (primary N) is 1. The van der Waals surface area contributed by atoms with Crippen LogP contribution in [0.25, 0.3) is 0 Å². The number of anilines is 1. The number of aromatic carboxylic acids is 1. The van der Waals surface area contributed by atoms with E-state index < -0.39 is 11.9 Å². The van der Waals surface area contributed by atoms with E-state index in [1.54, 1.807) is 0 Å². The summed E-state index contributed by atoms with van der Waals surface area (Å²) in [5, 5.41) is 12.7. The highest BCUT2D eigenvalue weighted by Gasteiger charge is 2.22. The van der Waals surface area contributed by atoms with Crippen LogP contribution in [-0.2, 0) is 23.0 Å². The number of nitrogen functional groups attached to an aromatic ring is 1. The standard InChI is InChI=1S/C8H11N3O4/c1-11-7(9)6(8(13)14)4(10-11)3-5(12)15-2/h3,9H2,1-2H3,(H,13,14). The van der Waals surface area contributed by atoms with Crippen molar-refractivity contribution in [1.29, 1.82) is 0 Å². The first-order chi connectivity index (χ1) is 6.97. The van der Waals surface area contributed by atoms with E-state index in [4.69, 9.17) is 10.8 Å². The molecule has 1 rings (SSSR count). The normalized spacial score (nSPS) is 10.0. The summed E-state index contributed by atoms with van der Waals surface area (Å²) in [6.45, 7) is 0. The number of aromatic nitrogens is 2. The van der Waals surface area contributed by atoms with E-state index in [2.05, 4.69) is 9.84 Å². The van der Waals surface area contributed by atoms with E-state index in [0.717, 1.165) is 0 Å². The van der Waals surface area contributed by atoms with Crippen molar-refractivity contribution in [3.05, 3.63) is 11.3 Å². The predicted molar refractivity (Wildman–Crippen MR) is 50.3 cm³/mol. The fourth-order valence-electron chi connectivity index (χ4n) is 1.16. The van der Waals surface area contributed by atoms with E-state index in [1.165, 1.54) is 18.8 Å². The van der Waals surface area contributed by atoms with Crippen LogP contribution in [0.3, 0.4) is 0 Å². The second-order valence-corrected chi connectivity index (χ2v) is 2.89. The van der Waals surface area contributed by atoms with Gasteiger partial charge >= 0.3 is 11.9 Å². The van der Waals surface area contributed by atoms with Gasteiger partial charge in [0.1, 0.15) is 11.4 Å². The molecule has 82 valence electrons. The Labute approximate surface area is 85.4 Å². The highest BCUT2D eigenvalue weighted by atomic mass is 16.5. The van der Waals surface area contributed by atoms with Crippen LogP contribution in [0.4, 0.5) is 5.82 Å². The average molecular weight is 213 g/mol. The summed E-state index contributed by atoms with van der Waals surface area (Å²) in [6, 6.07) is 0. The zero-order valence-corrected chi connectivity index (χ0v) is 8.35. The molecule has 0 bridgehead atoms. The number of carbonyl (C=O) groups excluding carboxylic acids is 1. The number of carboxylic acid groups (broad SMARTS) is 1. The molecule has 1 heterocycles. The van der Waals surface area contributed by atoms with Crippen LogP contribution in [0, 0.1) is 0 Å². The van der Waals surface area contributed by atoms with Gasteiger partial charge in [0.15, 0.2) is 0 Å². The molecule has 0 saturated carbocycles. The Balaban J connectivity index is 3.12. The maximum atomic E-state index is 11.0. The molecule has 0 aliphatic carbocycles. The van der Waals surface area contributed by atoms with Crippen molar-refractivity contribution >= 4 is 17.8 Å². The Morgan fingerprint density at radius 2 is 2.20 bits per heavy atom. The first-order valence-corrected chi connectivity index (χ1v) is 4.08. The molecule has 0 unspecified atom stereocenters. The molecule has 7 nitrogen and oxygen atoms in total. The molecule has 7 heteroatoms. The summed E-state index contributed by atoms with van der Waals surface area (Å²) in [4.78, 5) is 21.8. The highest BCUT2D eigenvalue weighted by molar-refractivity contribution is 5.95. The number of esters is 1. The van der Waals surface area contributed by atoms with Gasteiger partial charge in [-0.3, -0.25) is 9.48 Å². The monoisotopic (exact) mass is 213 g/mol. The zero-order valence-electron chi connectivity index (χ0n) is 8.35. The van der Waals surface area contributed by atoms with Gasteiger partial charge in [-0.15, -0.1) is 0 Å². The lowest BCUT2D eigenvalue weighted by Crippen LogP contribution is -2.10. The fourth-order valence-corrected chi connectivity index (χ4v) is 1.16. The Morgan fingerprint density at radius 3 is 2.67 bits per heavy atom. The molecule has 0 fully saturated rings. The molecular weight excluding hydrogens is 202 g/mol. The minimum absolute atomic E-state index is 0.0152. The summed E-state index contributed by atoms with van der Waals surface area (Å²) in [5.74, 6) is -1.75. The van der Waals surface area contributed by atoms with Gasteiger partial charge in [0.05, 0.1) is 19.2 Å². The molecule has 0 amide bonds. The van der Waals surface area contributed by atoms with Crippen molar-refractivity contribution < 1.29 is 19.4 Å². The van der Waals surface area contributed by atoms with Crippen LogP contribution in [0.1, 0.15) is 16.1 Å². The summed E-state index contributed by atoms with van der Waals surface area (Å²) < 4.78 is 5.63. The number of nitrogens with zero attached hydrogens (tertiary/aromatic N) is 2. The Bertz CT molecular complexity index is 410. The number of hydrogen-bond acceptors (Lipinski definition) is 5. The SMILES string of the molecule is COC(=O)Cc1nn(C)c(N)c1C(=O)O. The molecule has 0 radical (unpaired) electrons. The third kappa shape index (κ3) is 2.06. The lowest BCUT2D eigenvalue weighted by Gasteiger charge is -1.97. The van der Waals surface area contributed by atoms with Crippen LogP contribution in [-0.4, -0.2) is 33.9 Å². The van der Waals surface area contributed by atoms with Gasteiger partial charge in [-0.25, -0.2) is 4.79 Å². The number of hydrogen-bond donors (Lipinski definition) is 2. The minimum Gasteiger partial charge on any atom is -0.477 e. The molecule has 0 aliphatic rings. The molecule has 1 aromatic rings. The smallest absolute Gasteiger partial charge is 0.341 e. The van der Waals surface area contributed by atoms with Crippen molar-refractivity contribution in [1.82, 2.24) is 9.78 Å². The second-order valence-electron chi connectivity index (χ2n) is 2.89. The molecule has 15 heavy (non-hydrogen) atoms. The maximum absolute atomic E-state index is 11.0. The van der Waals surface area contributed by atoms with E-state index in [-0.39, 0.29) is 23.5 Å². The number of carbonyl (C=O) groups is 2. The van der Waals surface area contributed by atoms with Gasteiger partial charge < -0.3 is 15.6 Å². The van der Waals surface area contributed by atoms with E-state index in [0.29, 0.717) is 0 Å². The quantitative estimate of drug-likeness (QED) is 0.650. The molecule has 0 spiro atoms. The minimum atomic E-state index is -1.21. The van der Waals surface area contributed by atoms with Crippen molar-refractivity contribution in [2.75, 3.05) is 12.8 Å². The number of methoxy groups -OCH3 is 1. The Hall–Kier alpha value is -2.05. The maximum Gasteiger partial charge on any atom is 0.341 e. The molecule has 3 N–H and O–H groups in total. The van der Waals surface area contributed by atoms with Crippen LogP contribution in [0.15, 0.2) is 0 Å². The molecule has 0 aliphatic heterocycles. The lowest BCUT2D eigenvalue weighted by molar-refractivity contribution is -0.139.